The predicted octanol–water partition coefficient (Wildman–Crippen LogP) is -0.264. The number of aromatic amines is 1. The Kier molecular flexibility index (Phi) is 4.76. The van der Waals surface area contributed by atoms with E-state index in [1.807, 2.05) is 0 Å². The molecule has 0 amide bonds. The van der Waals surface area contributed by atoms with Gasteiger partial charge in [0.2, 0.25) is 10.0 Å². The minimum absolute atomic E-state index is 0.0899. The lowest BCUT2D eigenvalue weighted by molar-refractivity contribution is 0.267. The van der Waals surface area contributed by atoms with Crippen molar-refractivity contribution >= 4 is 10.0 Å². The fourth-order valence-corrected chi connectivity index (χ4v) is 3.63. The van der Waals surface area contributed by atoms with Crippen molar-refractivity contribution in [2.45, 2.75) is 31.7 Å². The SMILES string of the molecule is Cc1nn(CCO)c(C)c1S(=O)(=O)NCCc1ncc[nH]1. The number of nitrogens with one attached hydrogen (secondary N) is 2. The highest BCUT2D eigenvalue weighted by atomic mass is 32.2. The number of aliphatic hydroxyl groups is 1. The van der Waals surface area contributed by atoms with Crippen LogP contribution >= 0.6 is 0 Å². The molecular weight excluding hydrogens is 294 g/mol. The molecule has 0 radical (unpaired) electrons. The maximum absolute atomic E-state index is 12.4. The van der Waals surface area contributed by atoms with E-state index < -0.39 is 10.0 Å². The van der Waals surface area contributed by atoms with Gasteiger partial charge >= 0.3 is 0 Å². The number of nitrogens with zero attached hydrogens (tertiary/aromatic N) is 3. The summed E-state index contributed by atoms with van der Waals surface area (Å²) in [4.78, 5) is 7.13. The highest BCUT2D eigenvalue weighted by Crippen LogP contribution is 2.18. The maximum Gasteiger partial charge on any atom is 0.244 e. The number of rotatable bonds is 7. The molecule has 3 N–H and O–H groups in total. The number of H-pyrrole nitrogens is 1. The quantitative estimate of drug-likeness (QED) is 0.651. The lowest BCUT2D eigenvalue weighted by Crippen LogP contribution is -2.27. The van der Waals surface area contributed by atoms with Gasteiger partial charge in [-0.3, -0.25) is 4.68 Å². The summed E-state index contributed by atoms with van der Waals surface area (Å²) < 4.78 is 28.8. The third kappa shape index (κ3) is 3.49. The first-order chi connectivity index (χ1) is 9.95. The van der Waals surface area contributed by atoms with Crippen molar-refractivity contribution in [3.05, 3.63) is 29.6 Å². The second kappa shape index (κ2) is 6.37. The Morgan fingerprint density at radius 3 is 2.81 bits per heavy atom. The molecule has 2 aromatic rings. The van der Waals surface area contributed by atoms with Gasteiger partial charge in [-0.25, -0.2) is 18.1 Å². The molecule has 2 rings (SSSR count). The molecule has 0 aromatic carbocycles. The Hall–Kier alpha value is -1.71. The van der Waals surface area contributed by atoms with Gasteiger partial charge in [0.05, 0.1) is 24.5 Å². The number of imidazole rings is 1. The van der Waals surface area contributed by atoms with Gasteiger partial charge in [0.25, 0.3) is 0 Å². The number of hydrogen-bond donors (Lipinski definition) is 3. The van der Waals surface area contributed by atoms with Crippen molar-refractivity contribution in [1.29, 1.82) is 0 Å². The zero-order valence-corrected chi connectivity index (χ0v) is 12.8. The summed E-state index contributed by atoms with van der Waals surface area (Å²) in [6, 6.07) is 0. The lowest BCUT2D eigenvalue weighted by Gasteiger charge is -2.07. The van der Waals surface area contributed by atoms with Gasteiger partial charge in [-0.1, -0.05) is 0 Å². The molecule has 0 fully saturated rings. The van der Waals surface area contributed by atoms with Crippen LogP contribution in [0.4, 0.5) is 0 Å². The van der Waals surface area contributed by atoms with Gasteiger partial charge in [-0.15, -0.1) is 0 Å². The van der Waals surface area contributed by atoms with Crippen molar-refractivity contribution in [3.63, 3.8) is 0 Å². The van der Waals surface area contributed by atoms with Gasteiger partial charge in [0.15, 0.2) is 0 Å². The maximum atomic E-state index is 12.4. The van der Waals surface area contributed by atoms with Crippen molar-refractivity contribution in [3.8, 4) is 0 Å². The summed E-state index contributed by atoms with van der Waals surface area (Å²) in [6.45, 7) is 3.75. The Labute approximate surface area is 123 Å². The largest absolute Gasteiger partial charge is 0.394 e. The summed E-state index contributed by atoms with van der Waals surface area (Å²) in [5, 5.41) is 13.1. The minimum atomic E-state index is -3.63. The molecule has 2 heterocycles. The number of aryl methyl sites for hydroxylation is 1. The smallest absolute Gasteiger partial charge is 0.244 e. The van der Waals surface area contributed by atoms with Gasteiger partial charge < -0.3 is 10.1 Å². The summed E-state index contributed by atoms with van der Waals surface area (Å²) in [7, 11) is -3.63. The molecule has 0 aliphatic rings. The Morgan fingerprint density at radius 2 is 2.19 bits per heavy atom. The molecular formula is C12H19N5O3S. The topological polar surface area (TPSA) is 113 Å². The molecule has 0 atom stereocenters. The van der Waals surface area contributed by atoms with E-state index in [1.165, 1.54) is 4.68 Å². The molecule has 8 nitrogen and oxygen atoms in total. The third-order valence-corrected chi connectivity index (χ3v) is 4.82. The Bertz CT molecular complexity index is 691. The molecule has 0 saturated carbocycles. The fourth-order valence-electron chi connectivity index (χ4n) is 2.19. The number of aromatic nitrogens is 4. The molecule has 0 spiro atoms. The molecule has 9 heteroatoms. The summed E-state index contributed by atoms with van der Waals surface area (Å²) in [6.07, 6.45) is 3.79. The van der Waals surface area contributed by atoms with Crippen LogP contribution in [0.25, 0.3) is 0 Å². The zero-order valence-electron chi connectivity index (χ0n) is 12.0. The van der Waals surface area contributed by atoms with Crippen LogP contribution in [0.3, 0.4) is 0 Å². The number of sulfonamides is 1. The molecule has 0 unspecified atom stereocenters. The first kappa shape index (κ1) is 15.7. The van der Waals surface area contributed by atoms with Crippen molar-refractivity contribution in [2.24, 2.45) is 0 Å². The second-order valence-electron chi connectivity index (χ2n) is 4.63. The van der Waals surface area contributed by atoms with Crippen LogP contribution in [0.15, 0.2) is 17.3 Å². The highest BCUT2D eigenvalue weighted by molar-refractivity contribution is 7.89. The van der Waals surface area contributed by atoms with Crippen LogP contribution < -0.4 is 4.72 Å². The van der Waals surface area contributed by atoms with Crippen LogP contribution in [0.1, 0.15) is 17.2 Å². The van der Waals surface area contributed by atoms with E-state index in [0.29, 0.717) is 17.8 Å². The second-order valence-corrected chi connectivity index (χ2v) is 6.33. The first-order valence-corrected chi connectivity index (χ1v) is 8.07. The summed E-state index contributed by atoms with van der Waals surface area (Å²) in [5.41, 5.74) is 0.943. The zero-order chi connectivity index (χ0) is 15.5. The first-order valence-electron chi connectivity index (χ1n) is 6.58. The molecule has 116 valence electrons. The molecule has 0 aliphatic carbocycles. The molecule has 21 heavy (non-hydrogen) atoms. The van der Waals surface area contributed by atoms with Crippen LogP contribution in [-0.2, 0) is 23.0 Å². The third-order valence-electron chi connectivity index (χ3n) is 3.10. The van der Waals surface area contributed by atoms with E-state index in [9.17, 15) is 8.42 Å². The van der Waals surface area contributed by atoms with Crippen molar-refractivity contribution in [1.82, 2.24) is 24.5 Å². The average molecular weight is 313 g/mol. The Balaban J connectivity index is 2.12. The van der Waals surface area contributed by atoms with Gasteiger partial charge in [0.1, 0.15) is 10.7 Å². The lowest BCUT2D eigenvalue weighted by atomic mass is 10.4. The molecule has 2 aromatic heterocycles. The normalized spacial score (nSPS) is 12.0. The molecule has 0 aliphatic heterocycles. The van der Waals surface area contributed by atoms with E-state index in [0.717, 1.165) is 5.82 Å². The van der Waals surface area contributed by atoms with E-state index in [2.05, 4.69) is 19.8 Å². The molecule has 0 saturated heterocycles. The van der Waals surface area contributed by atoms with Crippen molar-refractivity contribution in [2.75, 3.05) is 13.2 Å². The summed E-state index contributed by atoms with van der Waals surface area (Å²) >= 11 is 0. The summed E-state index contributed by atoms with van der Waals surface area (Å²) in [5.74, 6) is 0.724. The monoisotopic (exact) mass is 313 g/mol. The van der Waals surface area contributed by atoms with Gasteiger partial charge in [-0.2, -0.15) is 5.10 Å². The van der Waals surface area contributed by atoms with E-state index in [4.69, 9.17) is 5.11 Å². The van der Waals surface area contributed by atoms with Crippen LogP contribution in [0.2, 0.25) is 0 Å². The standard InChI is InChI=1S/C12H19N5O3S/c1-9-12(10(2)17(16-9)7-8-18)21(19,20)15-4-3-11-13-5-6-14-11/h5-6,15,18H,3-4,7-8H2,1-2H3,(H,13,14). The van der Waals surface area contributed by atoms with Crippen molar-refractivity contribution < 1.29 is 13.5 Å². The minimum Gasteiger partial charge on any atom is -0.394 e. The number of aliphatic hydroxyl groups excluding tert-OH is 1. The average Bonchev–Trinajstić information content (AvgIpc) is 2.99. The fraction of sp³-hybridized carbons (Fsp3) is 0.500. The predicted molar refractivity (Wildman–Crippen MR) is 76.3 cm³/mol. The van der Waals surface area contributed by atoms with E-state index >= 15 is 0 Å². The van der Waals surface area contributed by atoms with Crippen LogP contribution in [0.5, 0.6) is 0 Å². The van der Waals surface area contributed by atoms with Crippen LogP contribution in [0, 0.1) is 13.8 Å². The molecule has 0 bridgehead atoms. The Morgan fingerprint density at radius 1 is 1.43 bits per heavy atom. The highest BCUT2D eigenvalue weighted by Gasteiger charge is 2.24. The van der Waals surface area contributed by atoms with E-state index in [1.54, 1.807) is 26.2 Å². The van der Waals surface area contributed by atoms with E-state index in [-0.39, 0.29) is 24.6 Å². The van der Waals surface area contributed by atoms with Crippen LogP contribution in [-0.4, -0.2) is 46.4 Å². The van der Waals surface area contributed by atoms with Gasteiger partial charge in [0, 0.05) is 25.4 Å². The van der Waals surface area contributed by atoms with Gasteiger partial charge in [-0.05, 0) is 13.8 Å². The number of hydrogen-bond acceptors (Lipinski definition) is 5.